The topological polar surface area (TPSA) is 9.72 Å². The van der Waals surface area contributed by atoms with Crippen molar-refractivity contribution in [3.63, 3.8) is 0 Å². The van der Waals surface area contributed by atoms with E-state index in [-0.39, 0.29) is 28.5 Å². The molecule has 3 aliphatic heterocycles. The summed E-state index contributed by atoms with van der Waals surface area (Å²) in [6.45, 7) is 19.7. The van der Waals surface area contributed by atoms with Crippen LogP contribution in [0, 0.1) is 6.92 Å². The summed E-state index contributed by atoms with van der Waals surface area (Å²) in [7, 11) is 0. The molecule has 1 fully saturated rings. The summed E-state index contributed by atoms with van der Waals surface area (Å²) in [6, 6.07) is 55.6. The Bertz CT molecular complexity index is 2960. The Hall–Kier alpha value is -6.00. The first kappa shape index (κ1) is 37.7. The molecular formula is C58H56BN3. The average molecular weight is 806 g/mol. The smallest absolute Gasteiger partial charge is 0.252 e. The van der Waals surface area contributed by atoms with Gasteiger partial charge in [0.05, 0.1) is 11.2 Å². The van der Waals surface area contributed by atoms with E-state index in [0.29, 0.717) is 0 Å². The van der Waals surface area contributed by atoms with Crippen LogP contribution in [0.2, 0.25) is 0 Å². The molecule has 2 atom stereocenters. The summed E-state index contributed by atoms with van der Waals surface area (Å²) in [5, 5.41) is 0. The van der Waals surface area contributed by atoms with Crippen LogP contribution in [-0.4, -0.2) is 12.3 Å². The highest BCUT2D eigenvalue weighted by Gasteiger charge is 2.61. The lowest BCUT2D eigenvalue weighted by Gasteiger charge is -2.53. The number of anilines is 8. The zero-order valence-electron chi connectivity index (χ0n) is 37.6. The first-order chi connectivity index (χ1) is 29.8. The predicted octanol–water partition coefficient (Wildman–Crippen LogP) is 13.4. The summed E-state index contributed by atoms with van der Waals surface area (Å²) in [5.41, 5.74) is 24.0. The molecule has 4 heteroatoms. The zero-order valence-corrected chi connectivity index (χ0v) is 37.6. The van der Waals surface area contributed by atoms with Gasteiger partial charge in [-0.2, -0.15) is 0 Å². The second-order valence-corrected chi connectivity index (χ2v) is 21.0. The maximum Gasteiger partial charge on any atom is 0.252 e. The molecule has 0 aromatic heterocycles. The lowest BCUT2D eigenvalue weighted by atomic mass is 9.33. The van der Waals surface area contributed by atoms with Crippen molar-refractivity contribution in [3.05, 3.63) is 173 Å². The Balaban J connectivity index is 1.20. The van der Waals surface area contributed by atoms with Crippen molar-refractivity contribution in [2.75, 3.05) is 14.7 Å². The van der Waals surface area contributed by atoms with Crippen LogP contribution >= 0.6 is 0 Å². The molecule has 0 bridgehead atoms. The molecule has 0 radical (unpaired) electrons. The number of aryl methyl sites for hydroxylation is 1. The van der Waals surface area contributed by atoms with E-state index in [1.165, 1.54) is 104 Å². The summed E-state index contributed by atoms with van der Waals surface area (Å²) in [6.07, 6.45) is 4.94. The molecule has 1 saturated carbocycles. The van der Waals surface area contributed by atoms with Crippen LogP contribution in [0.3, 0.4) is 0 Å². The molecule has 62 heavy (non-hydrogen) atoms. The lowest BCUT2D eigenvalue weighted by molar-refractivity contribution is 0.195. The van der Waals surface area contributed by atoms with Crippen LogP contribution in [0.1, 0.15) is 102 Å². The van der Waals surface area contributed by atoms with E-state index in [9.17, 15) is 0 Å². The minimum absolute atomic E-state index is 0.00119. The number of hydrogen-bond acceptors (Lipinski definition) is 3. The predicted molar refractivity (Wildman–Crippen MR) is 264 cm³/mol. The highest BCUT2D eigenvalue weighted by atomic mass is 15.3. The van der Waals surface area contributed by atoms with E-state index in [4.69, 9.17) is 0 Å². The molecule has 306 valence electrons. The summed E-state index contributed by atoms with van der Waals surface area (Å²) in [4.78, 5) is 8.00. The van der Waals surface area contributed by atoms with Gasteiger partial charge in [0.25, 0.3) is 6.71 Å². The largest absolute Gasteiger partial charge is 0.335 e. The highest BCUT2D eigenvalue weighted by Crippen LogP contribution is 2.63. The standard InChI is InChI=1S/C58H56BN3/c1-37-32-50-53-51(33-37)62-54-45(57(7)30-17-18-31-58(57,62)8)34-38(55(2,3)4)35-47(54)59(53)46-29-28-41(60(39-20-11-9-12-21-39)40-22-13-10-14-23-40)36-49(46)61(50)48-27-19-25-43-42-24-15-16-26-44(42)56(5,6)52(43)48/h9-16,19-29,32-36H,17-18,30-31H2,1-8H3. The van der Waals surface area contributed by atoms with Crippen LogP contribution in [-0.2, 0) is 16.2 Å². The molecule has 2 aliphatic carbocycles. The fourth-order valence-electron chi connectivity index (χ4n) is 12.9. The number of benzene rings is 7. The molecule has 3 heterocycles. The quantitative estimate of drug-likeness (QED) is 0.164. The first-order valence-electron chi connectivity index (χ1n) is 23.0. The minimum atomic E-state index is -0.198. The third kappa shape index (κ3) is 4.90. The van der Waals surface area contributed by atoms with Gasteiger partial charge in [-0.25, -0.2) is 0 Å². The van der Waals surface area contributed by atoms with Gasteiger partial charge in [-0.3, -0.25) is 0 Å². The van der Waals surface area contributed by atoms with Gasteiger partial charge in [0.2, 0.25) is 0 Å². The molecule has 0 saturated heterocycles. The van der Waals surface area contributed by atoms with Crippen molar-refractivity contribution < 1.29 is 0 Å². The summed E-state index contributed by atoms with van der Waals surface area (Å²) in [5.74, 6) is 0. The number of hydrogen-bond donors (Lipinski definition) is 0. The van der Waals surface area contributed by atoms with E-state index < -0.39 is 0 Å². The molecule has 7 aromatic carbocycles. The van der Waals surface area contributed by atoms with E-state index in [1.54, 1.807) is 5.56 Å². The molecule has 0 amide bonds. The first-order valence-corrected chi connectivity index (χ1v) is 23.0. The van der Waals surface area contributed by atoms with E-state index >= 15 is 0 Å². The van der Waals surface area contributed by atoms with Crippen molar-refractivity contribution in [3.8, 4) is 11.1 Å². The van der Waals surface area contributed by atoms with Gasteiger partial charge < -0.3 is 14.7 Å². The van der Waals surface area contributed by atoms with Crippen LogP contribution < -0.4 is 31.1 Å². The Morgan fingerprint density at radius 3 is 1.95 bits per heavy atom. The van der Waals surface area contributed by atoms with Crippen LogP contribution in [0.25, 0.3) is 11.1 Å². The summed E-state index contributed by atoms with van der Waals surface area (Å²) < 4.78 is 0. The summed E-state index contributed by atoms with van der Waals surface area (Å²) >= 11 is 0. The number of fused-ring (bicyclic) bond motifs is 10. The average Bonchev–Trinajstić information content (AvgIpc) is 3.63. The third-order valence-electron chi connectivity index (χ3n) is 16.1. The van der Waals surface area contributed by atoms with Crippen molar-refractivity contribution in [2.24, 2.45) is 0 Å². The van der Waals surface area contributed by atoms with Gasteiger partial charge in [0.15, 0.2) is 0 Å². The minimum Gasteiger partial charge on any atom is -0.335 e. The van der Waals surface area contributed by atoms with Crippen LogP contribution in [0.5, 0.6) is 0 Å². The van der Waals surface area contributed by atoms with Gasteiger partial charge in [0.1, 0.15) is 0 Å². The number of nitrogens with zero attached hydrogens (tertiary/aromatic N) is 3. The van der Waals surface area contributed by atoms with Gasteiger partial charge in [-0.15, -0.1) is 0 Å². The Kier molecular flexibility index (Phi) is 7.78. The SMILES string of the molecule is Cc1cc2c3c(c1)N1c4c(cc(C(C)(C)C)cc4C4(C)CCCCC14C)B3c1ccc(N(c3ccccc3)c3ccccc3)cc1N2c1cccc2c1C(C)(C)c1ccccc1-2. The maximum absolute atomic E-state index is 2.88. The highest BCUT2D eigenvalue weighted by molar-refractivity contribution is 7.00. The molecule has 0 N–H and O–H groups in total. The van der Waals surface area contributed by atoms with Crippen LogP contribution in [0.15, 0.2) is 146 Å². The van der Waals surface area contributed by atoms with Gasteiger partial charge in [-0.1, -0.05) is 145 Å². The van der Waals surface area contributed by atoms with E-state index in [0.717, 1.165) is 17.1 Å². The maximum atomic E-state index is 2.88. The second-order valence-electron chi connectivity index (χ2n) is 21.0. The zero-order chi connectivity index (χ0) is 42.5. The van der Waals surface area contributed by atoms with Crippen LogP contribution in [0.4, 0.5) is 45.5 Å². The molecule has 0 spiro atoms. The molecule has 7 aromatic rings. The van der Waals surface area contributed by atoms with Crippen molar-refractivity contribution in [1.82, 2.24) is 0 Å². The molecule has 12 rings (SSSR count). The van der Waals surface area contributed by atoms with E-state index in [2.05, 4.69) is 216 Å². The molecular weight excluding hydrogens is 749 g/mol. The Morgan fingerprint density at radius 1 is 0.565 bits per heavy atom. The molecule has 5 aliphatic rings. The fraction of sp³-hybridized carbons (Fsp3) is 0.276. The van der Waals surface area contributed by atoms with Gasteiger partial charge in [-0.05, 0) is 142 Å². The van der Waals surface area contributed by atoms with Crippen molar-refractivity contribution in [2.45, 2.75) is 103 Å². The monoisotopic (exact) mass is 805 g/mol. The van der Waals surface area contributed by atoms with Crippen molar-refractivity contribution in [1.29, 1.82) is 0 Å². The van der Waals surface area contributed by atoms with E-state index in [1.807, 2.05) is 0 Å². The molecule has 3 nitrogen and oxygen atoms in total. The Morgan fingerprint density at radius 2 is 1.23 bits per heavy atom. The molecule has 2 unspecified atom stereocenters. The van der Waals surface area contributed by atoms with Gasteiger partial charge >= 0.3 is 0 Å². The Labute approximate surface area is 369 Å². The normalized spacial score (nSPS) is 20.8. The second kappa shape index (κ2) is 12.8. The third-order valence-corrected chi connectivity index (χ3v) is 16.1. The fourth-order valence-corrected chi connectivity index (χ4v) is 12.9. The van der Waals surface area contributed by atoms with Gasteiger partial charge in [0, 0.05) is 50.6 Å². The van der Waals surface area contributed by atoms with Crippen molar-refractivity contribution >= 4 is 68.6 Å². The lowest BCUT2D eigenvalue weighted by Crippen LogP contribution is -2.64. The number of para-hydroxylation sites is 2. The number of rotatable bonds is 4.